The number of halogens is 1. The Kier molecular flexibility index (Phi) is 6.39. The molecule has 0 bridgehead atoms. The van der Waals surface area contributed by atoms with E-state index in [1.165, 1.54) is 12.1 Å². The van der Waals surface area contributed by atoms with E-state index in [4.69, 9.17) is 0 Å². The largest absolute Gasteiger partial charge is 0.356 e. The first-order valence-electron chi connectivity index (χ1n) is 8.86. The summed E-state index contributed by atoms with van der Waals surface area (Å²) in [6.07, 6.45) is 0. The lowest BCUT2D eigenvalue weighted by Crippen LogP contribution is -2.42. The number of likely N-dealkylation sites (tertiary alicyclic amines) is 1. The van der Waals surface area contributed by atoms with Crippen LogP contribution in [0, 0.1) is 17.7 Å². The Bertz CT molecular complexity index is 601. The Hall–Kier alpha value is -2.11. The number of rotatable bonds is 5. The third-order valence-corrected chi connectivity index (χ3v) is 4.34. The van der Waals surface area contributed by atoms with E-state index < -0.39 is 0 Å². The van der Waals surface area contributed by atoms with E-state index in [2.05, 4.69) is 10.6 Å². The Morgan fingerprint density at radius 1 is 1.16 bits per heavy atom. The summed E-state index contributed by atoms with van der Waals surface area (Å²) in [5, 5.41) is 5.83. The molecule has 1 fully saturated rings. The van der Waals surface area contributed by atoms with Crippen molar-refractivity contribution in [2.24, 2.45) is 11.8 Å². The fraction of sp³-hybridized carbons (Fsp3) is 0.579. The van der Waals surface area contributed by atoms with Gasteiger partial charge in [0.1, 0.15) is 5.82 Å². The molecular weight excluding hydrogens is 321 g/mol. The van der Waals surface area contributed by atoms with Crippen LogP contribution in [0.4, 0.5) is 9.18 Å². The number of nitrogens with one attached hydrogen (secondary N) is 2. The Balaban J connectivity index is 2.17. The standard InChI is InChI=1S/C19H28FN3O2/c1-12(2)9-21-18(24)17-11-23(19(25)22-13(3)4)10-16(17)14-5-7-15(20)8-6-14/h5-8,12-13,16-17H,9-11H2,1-4H3,(H,21,24)(H,22,25). The quantitative estimate of drug-likeness (QED) is 0.859. The van der Waals surface area contributed by atoms with Gasteiger partial charge in [-0.05, 0) is 37.5 Å². The summed E-state index contributed by atoms with van der Waals surface area (Å²) in [4.78, 5) is 26.7. The van der Waals surface area contributed by atoms with Gasteiger partial charge in [0.25, 0.3) is 0 Å². The second kappa shape index (κ2) is 8.32. The van der Waals surface area contributed by atoms with Gasteiger partial charge < -0.3 is 15.5 Å². The van der Waals surface area contributed by atoms with Gasteiger partial charge in [0.05, 0.1) is 5.92 Å². The highest BCUT2D eigenvalue weighted by Gasteiger charge is 2.40. The van der Waals surface area contributed by atoms with E-state index in [9.17, 15) is 14.0 Å². The number of benzene rings is 1. The number of amides is 3. The van der Waals surface area contributed by atoms with Gasteiger partial charge in [-0.25, -0.2) is 9.18 Å². The van der Waals surface area contributed by atoms with Gasteiger partial charge in [-0.2, -0.15) is 0 Å². The zero-order chi connectivity index (χ0) is 18.6. The van der Waals surface area contributed by atoms with E-state index in [1.807, 2.05) is 27.7 Å². The molecule has 25 heavy (non-hydrogen) atoms. The van der Waals surface area contributed by atoms with Crippen LogP contribution in [0.5, 0.6) is 0 Å². The van der Waals surface area contributed by atoms with Crippen LogP contribution in [-0.4, -0.2) is 42.5 Å². The summed E-state index contributed by atoms with van der Waals surface area (Å²) < 4.78 is 13.2. The van der Waals surface area contributed by atoms with Crippen molar-refractivity contribution in [3.63, 3.8) is 0 Å². The highest BCUT2D eigenvalue weighted by Crippen LogP contribution is 2.33. The second-order valence-electron chi connectivity index (χ2n) is 7.41. The maximum atomic E-state index is 13.2. The number of hydrogen-bond acceptors (Lipinski definition) is 2. The fourth-order valence-corrected chi connectivity index (χ4v) is 3.06. The van der Waals surface area contributed by atoms with Gasteiger partial charge in [-0.15, -0.1) is 0 Å². The molecule has 1 aliphatic rings. The summed E-state index contributed by atoms with van der Waals surface area (Å²) in [6, 6.07) is 6.07. The molecule has 0 spiro atoms. The summed E-state index contributed by atoms with van der Waals surface area (Å²) in [5.74, 6) is -0.470. The molecule has 138 valence electrons. The van der Waals surface area contributed by atoms with Crippen LogP contribution >= 0.6 is 0 Å². The summed E-state index contributed by atoms with van der Waals surface area (Å²) >= 11 is 0. The van der Waals surface area contributed by atoms with E-state index in [1.54, 1.807) is 17.0 Å². The third-order valence-electron chi connectivity index (χ3n) is 4.34. The topological polar surface area (TPSA) is 61.4 Å². The maximum Gasteiger partial charge on any atom is 0.317 e. The number of carbonyl (C=O) groups excluding carboxylic acids is 2. The summed E-state index contributed by atoms with van der Waals surface area (Å²) in [6.45, 7) is 9.29. The van der Waals surface area contributed by atoms with Crippen molar-refractivity contribution in [3.8, 4) is 0 Å². The lowest BCUT2D eigenvalue weighted by Gasteiger charge is -2.19. The van der Waals surface area contributed by atoms with Crippen molar-refractivity contribution in [2.45, 2.75) is 39.7 Å². The minimum absolute atomic E-state index is 0.0330. The zero-order valence-corrected chi connectivity index (χ0v) is 15.4. The van der Waals surface area contributed by atoms with Crippen LogP contribution in [0.25, 0.3) is 0 Å². The van der Waals surface area contributed by atoms with E-state index in [-0.39, 0.29) is 35.6 Å². The van der Waals surface area contributed by atoms with Crippen LogP contribution in [0.1, 0.15) is 39.2 Å². The van der Waals surface area contributed by atoms with Crippen LogP contribution < -0.4 is 10.6 Å². The lowest BCUT2D eigenvalue weighted by atomic mass is 9.88. The predicted molar refractivity (Wildman–Crippen MR) is 95.7 cm³/mol. The highest BCUT2D eigenvalue weighted by molar-refractivity contribution is 5.83. The van der Waals surface area contributed by atoms with E-state index in [0.717, 1.165) is 5.56 Å². The molecule has 1 aliphatic heterocycles. The van der Waals surface area contributed by atoms with Crippen LogP contribution in [-0.2, 0) is 4.79 Å². The van der Waals surface area contributed by atoms with E-state index >= 15 is 0 Å². The molecule has 3 amide bonds. The SMILES string of the molecule is CC(C)CNC(=O)C1CN(C(=O)NC(C)C)CC1c1ccc(F)cc1. The molecule has 6 heteroatoms. The second-order valence-corrected chi connectivity index (χ2v) is 7.41. The van der Waals surface area contributed by atoms with Crippen molar-refractivity contribution >= 4 is 11.9 Å². The predicted octanol–water partition coefficient (Wildman–Crippen LogP) is 2.73. The molecule has 1 saturated heterocycles. The monoisotopic (exact) mass is 349 g/mol. The van der Waals surface area contributed by atoms with Crippen LogP contribution in [0.2, 0.25) is 0 Å². The molecule has 2 N–H and O–H groups in total. The minimum Gasteiger partial charge on any atom is -0.356 e. The first kappa shape index (κ1) is 19.2. The number of hydrogen-bond donors (Lipinski definition) is 2. The van der Waals surface area contributed by atoms with Gasteiger partial charge in [-0.3, -0.25) is 4.79 Å². The molecule has 2 atom stereocenters. The van der Waals surface area contributed by atoms with Crippen molar-refractivity contribution < 1.29 is 14.0 Å². The molecular formula is C19H28FN3O2. The third kappa shape index (κ3) is 5.18. The van der Waals surface area contributed by atoms with Gasteiger partial charge >= 0.3 is 6.03 Å². The fourth-order valence-electron chi connectivity index (χ4n) is 3.06. The number of urea groups is 1. The molecule has 0 aliphatic carbocycles. The molecule has 0 radical (unpaired) electrons. The average Bonchev–Trinajstić information content (AvgIpc) is 2.98. The Morgan fingerprint density at radius 3 is 2.36 bits per heavy atom. The molecule has 1 aromatic rings. The van der Waals surface area contributed by atoms with Crippen molar-refractivity contribution in [3.05, 3.63) is 35.6 Å². The number of carbonyl (C=O) groups is 2. The summed E-state index contributed by atoms with van der Waals surface area (Å²) in [7, 11) is 0. The average molecular weight is 349 g/mol. The number of nitrogens with zero attached hydrogens (tertiary/aromatic N) is 1. The molecule has 0 aromatic heterocycles. The summed E-state index contributed by atoms with van der Waals surface area (Å²) in [5.41, 5.74) is 0.881. The highest BCUT2D eigenvalue weighted by atomic mass is 19.1. The maximum absolute atomic E-state index is 13.2. The molecule has 5 nitrogen and oxygen atoms in total. The first-order chi connectivity index (χ1) is 11.8. The minimum atomic E-state index is -0.331. The molecule has 1 aromatic carbocycles. The van der Waals surface area contributed by atoms with Gasteiger partial charge in [0.2, 0.25) is 5.91 Å². The van der Waals surface area contributed by atoms with Gasteiger partial charge in [0, 0.05) is 31.6 Å². The van der Waals surface area contributed by atoms with Crippen molar-refractivity contribution in [1.82, 2.24) is 15.5 Å². The first-order valence-corrected chi connectivity index (χ1v) is 8.86. The van der Waals surface area contributed by atoms with E-state index in [0.29, 0.717) is 25.6 Å². The molecule has 1 heterocycles. The van der Waals surface area contributed by atoms with Crippen LogP contribution in [0.3, 0.4) is 0 Å². The molecule has 2 unspecified atom stereocenters. The van der Waals surface area contributed by atoms with Gasteiger partial charge in [0.15, 0.2) is 0 Å². The van der Waals surface area contributed by atoms with Crippen LogP contribution in [0.15, 0.2) is 24.3 Å². The molecule has 0 saturated carbocycles. The normalized spacial score (nSPS) is 20.2. The molecule has 2 rings (SSSR count). The van der Waals surface area contributed by atoms with Gasteiger partial charge in [-0.1, -0.05) is 26.0 Å². The smallest absolute Gasteiger partial charge is 0.317 e. The van der Waals surface area contributed by atoms with Crippen molar-refractivity contribution in [2.75, 3.05) is 19.6 Å². The lowest BCUT2D eigenvalue weighted by molar-refractivity contribution is -0.125. The zero-order valence-electron chi connectivity index (χ0n) is 15.4. The Morgan fingerprint density at radius 2 is 1.80 bits per heavy atom. The Labute approximate surface area is 149 Å². The van der Waals surface area contributed by atoms with Crippen molar-refractivity contribution in [1.29, 1.82) is 0 Å².